The molecule has 2 rings (SSSR count). The zero-order chi connectivity index (χ0) is 13.7. The van der Waals surface area contributed by atoms with Gasteiger partial charge in [-0.05, 0) is 36.8 Å². The molecule has 0 aromatic heterocycles. The van der Waals surface area contributed by atoms with E-state index in [1.165, 1.54) is 5.56 Å². The first kappa shape index (κ1) is 13.3. The van der Waals surface area contributed by atoms with Crippen molar-refractivity contribution >= 4 is 5.69 Å². The number of rotatable bonds is 5. The molecule has 0 amide bonds. The van der Waals surface area contributed by atoms with E-state index in [1.807, 2.05) is 42.5 Å². The molecule has 0 bridgehead atoms. The maximum Gasteiger partial charge on any atom is 0.120 e. The molecule has 1 atom stereocenters. The lowest BCUT2D eigenvalue weighted by molar-refractivity contribution is 0.414. The van der Waals surface area contributed by atoms with Gasteiger partial charge in [0.05, 0.1) is 14.2 Å². The third-order valence-corrected chi connectivity index (χ3v) is 3.05. The minimum atomic E-state index is 0.196. The molecule has 19 heavy (non-hydrogen) atoms. The van der Waals surface area contributed by atoms with Gasteiger partial charge in [0, 0.05) is 17.8 Å². The summed E-state index contributed by atoms with van der Waals surface area (Å²) in [5.41, 5.74) is 2.22. The van der Waals surface area contributed by atoms with E-state index in [0.29, 0.717) is 0 Å². The van der Waals surface area contributed by atoms with E-state index in [0.717, 1.165) is 17.2 Å². The van der Waals surface area contributed by atoms with E-state index >= 15 is 0 Å². The lowest BCUT2D eigenvalue weighted by Crippen LogP contribution is -2.06. The van der Waals surface area contributed by atoms with Crippen molar-refractivity contribution < 1.29 is 9.47 Å². The molecular weight excluding hydrogens is 238 g/mol. The van der Waals surface area contributed by atoms with Crippen molar-refractivity contribution in [3.05, 3.63) is 54.1 Å². The highest BCUT2D eigenvalue weighted by Gasteiger charge is 2.06. The van der Waals surface area contributed by atoms with E-state index < -0.39 is 0 Å². The molecule has 100 valence electrons. The summed E-state index contributed by atoms with van der Waals surface area (Å²) < 4.78 is 10.5. The fourth-order valence-electron chi connectivity index (χ4n) is 1.96. The maximum absolute atomic E-state index is 5.24. The van der Waals surface area contributed by atoms with E-state index in [-0.39, 0.29) is 6.04 Å². The van der Waals surface area contributed by atoms with Crippen molar-refractivity contribution in [2.45, 2.75) is 13.0 Å². The standard InChI is InChI=1S/C16H19NO2/c1-12(13-6-4-8-15(10-13)18-2)17-14-7-5-9-16(11-14)19-3/h4-12,17H,1-3H3/t12-/m1/s1. The molecule has 0 spiro atoms. The van der Waals surface area contributed by atoms with Gasteiger partial charge in [-0.15, -0.1) is 0 Å². The summed E-state index contributed by atoms with van der Waals surface area (Å²) in [5.74, 6) is 1.72. The first-order valence-corrected chi connectivity index (χ1v) is 6.27. The van der Waals surface area contributed by atoms with Gasteiger partial charge in [-0.1, -0.05) is 18.2 Å². The Morgan fingerprint density at radius 3 is 2.21 bits per heavy atom. The van der Waals surface area contributed by atoms with Gasteiger partial charge in [-0.2, -0.15) is 0 Å². The zero-order valence-corrected chi connectivity index (χ0v) is 11.5. The molecule has 3 heteroatoms. The first-order valence-electron chi connectivity index (χ1n) is 6.27. The van der Waals surface area contributed by atoms with Gasteiger partial charge in [-0.3, -0.25) is 0 Å². The molecule has 0 saturated carbocycles. The molecule has 0 aliphatic rings. The molecule has 2 aromatic carbocycles. The zero-order valence-electron chi connectivity index (χ0n) is 11.5. The Balaban J connectivity index is 2.13. The van der Waals surface area contributed by atoms with Crippen molar-refractivity contribution in [3.8, 4) is 11.5 Å². The Labute approximate surface area is 114 Å². The second kappa shape index (κ2) is 6.14. The third kappa shape index (κ3) is 3.41. The molecule has 0 aliphatic heterocycles. The topological polar surface area (TPSA) is 30.5 Å². The van der Waals surface area contributed by atoms with Crippen molar-refractivity contribution in [1.82, 2.24) is 0 Å². The molecule has 1 N–H and O–H groups in total. The van der Waals surface area contributed by atoms with Crippen molar-refractivity contribution in [3.63, 3.8) is 0 Å². The monoisotopic (exact) mass is 257 g/mol. The Morgan fingerprint density at radius 2 is 1.53 bits per heavy atom. The van der Waals surface area contributed by atoms with Crippen LogP contribution in [0.5, 0.6) is 11.5 Å². The number of hydrogen-bond donors (Lipinski definition) is 1. The fourth-order valence-corrected chi connectivity index (χ4v) is 1.96. The average molecular weight is 257 g/mol. The van der Waals surface area contributed by atoms with Gasteiger partial charge in [-0.25, -0.2) is 0 Å². The van der Waals surface area contributed by atoms with Crippen LogP contribution in [-0.4, -0.2) is 14.2 Å². The second-order valence-electron chi connectivity index (χ2n) is 4.37. The molecule has 0 unspecified atom stereocenters. The Morgan fingerprint density at radius 1 is 0.895 bits per heavy atom. The van der Waals surface area contributed by atoms with Crippen LogP contribution in [0, 0.1) is 0 Å². The summed E-state index contributed by atoms with van der Waals surface area (Å²) in [4.78, 5) is 0. The molecule has 0 aliphatic carbocycles. The molecule has 0 radical (unpaired) electrons. The summed E-state index contributed by atoms with van der Waals surface area (Å²) in [6.07, 6.45) is 0. The first-order chi connectivity index (χ1) is 9.22. The van der Waals surface area contributed by atoms with Gasteiger partial charge in [0.1, 0.15) is 11.5 Å². The van der Waals surface area contributed by atoms with Crippen LogP contribution in [0.4, 0.5) is 5.69 Å². The number of nitrogens with one attached hydrogen (secondary N) is 1. The quantitative estimate of drug-likeness (QED) is 0.881. The lowest BCUT2D eigenvalue weighted by Gasteiger charge is -2.17. The SMILES string of the molecule is COc1cccc(N[C@H](C)c2cccc(OC)c2)c1. The average Bonchev–Trinajstić information content (AvgIpc) is 2.47. The molecule has 3 nitrogen and oxygen atoms in total. The van der Waals surface area contributed by atoms with Crippen LogP contribution in [-0.2, 0) is 0 Å². The van der Waals surface area contributed by atoms with E-state index in [1.54, 1.807) is 14.2 Å². The number of ether oxygens (including phenoxy) is 2. The van der Waals surface area contributed by atoms with Gasteiger partial charge in [0.15, 0.2) is 0 Å². The second-order valence-corrected chi connectivity index (χ2v) is 4.37. The van der Waals surface area contributed by atoms with Crippen LogP contribution in [0.25, 0.3) is 0 Å². The summed E-state index contributed by atoms with van der Waals surface area (Å²) in [6, 6.07) is 16.2. The fraction of sp³-hybridized carbons (Fsp3) is 0.250. The minimum absolute atomic E-state index is 0.196. The van der Waals surface area contributed by atoms with Crippen LogP contribution < -0.4 is 14.8 Å². The van der Waals surface area contributed by atoms with Crippen LogP contribution in [0.3, 0.4) is 0 Å². The Hall–Kier alpha value is -2.16. The normalized spacial score (nSPS) is 11.7. The smallest absolute Gasteiger partial charge is 0.120 e. The van der Waals surface area contributed by atoms with Crippen molar-refractivity contribution in [2.75, 3.05) is 19.5 Å². The van der Waals surface area contributed by atoms with Crippen LogP contribution >= 0.6 is 0 Å². The predicted octanol–water partition coefficient (Wildman–Crippen LogP) is 3.88. The lowest BCUT2D eigenvalue weighted by atomic mass is 10.1. The van der Waals surface area contributed by atoms with Crippen molar-refractivity contribution in [1.29, 1.82) is 0 Å². The molecule has 0 heterocycles. The van der Waals surface area contributed by atoms with Crippen LogP contribution in [0.1, 0.15) is 18.5 Å². The largest absolute Gasteiger partial charge is 0.497 e. The number of hydrogen-bond acceptors (Lipinski definition) is 3. The summed E-state index contributed by atoms with van der Waals surface area (Å²) >= 11 is 0. The van der Waals surface area contributed by atoms with E-state index in [4.69, 9.17) is 9.47 Å². The van der Waals surface area contributed by atoms with Crippen LogP contribution in [0.2, 0.25) is 0 Å². The van der Waals surface area contributed by atoms with Crippen molar-refractivity contribution in [2.24, 2.45) is 0 Å². The number of benzene rings is 2. The molecule has 0 fully saturated rings. The van der Waals surface area contributed by atoms with E-state index in [9.17, 15) is 0 Å². The maximum atomic E-state index is 5.24. The highest BCUT2D eigenvalue weighted by molar-refractivity contribution is 5.50. The summed E-state index contributed by atoms with van der Waals surface area (Å²) in [5, 5.41) is 3.45. The molecular formula is C16H19NO2. The Bertz CT molecular complexity index is 540. The van der Waals surface area contributed by atoms with Gasteiger partial charge >= 0.3 is 0 Å². The minimum Gasteiger partial charge on any atom is -0.497 e. The highest BCUT2D eigenvalue weighted by atomic mass is 16.5. The summed E-state index contributed by atoms with van der Waals surface area (Å²) in [6.45, 7) is 2.12. The number of anilines is 1. The van der Waals surface area contributed by atoms with Gasteiger partial charge < -0.3 is 14.8 Å². The van der Waals surface area contributed by atoms with E-state index in [2.05, 4.69) is 18.3 Å². The van der Waals surface area contributed by atoms with Crippen LogP contribution in [0.15, 0.2) is 48.5 Å². The molecule has 2 aromatic rings. The Kier molecular flexibility index (Phi) is 4.29. The summed E-state index contributed by atoms with van der Waals surface area (Å²) in [7, 11) is 3.35. The number of methoxy groups -OCH3 is 2. The van der Waals surface area contributed by atoms with Gasteiger partial charge in [0.25, 0.3) is 0 Å². The predicted molar refractivity (Wildman–Crippen MR) is 78.0 cm³/mol. The third-order valence-electron chi connectivity index (χ3n) is 3.05. The molecule has 0 saturated heterocycles. The highest BCUT2D eigenvalue weighted by Crippen LogP contribution is 2.24. The van der Waals surface area contributed by atoms with Gasteiger partial charge in [0.2, 0.25) is 0 Å².